The van der Waals surface area contributed by atoms with Crippen molar-refractivity contribution in [1.29, 1.82) is 0 Å². The summed E-state index contributed by atoms with van der Waals surface area (Å²) in [6.07, 6.45) is 1.67. The molecule has 1 saturated heterocycles. The Labute approximate surface area is 184 Å². The lowest BCUT2D eigenvalue weighted by Gasteiger charge is -2.20. The highest BCUT2D eigenvalue weighted by Crippen LogP contribution is 2.36. The van der Waals surface area contributed by atoms with Crippen LogP contribution in [0.1, 0.15) is 12.1 Å². The minimum Gasteiger partial charge on any atom is -0.497 e. The maximum Gasteiger partial charge on any atom is 0.330 e. The molecule has 0 saturated carbocycles. The van der Waals surface area contributed by atoms with E-state index in [9.17, 15) is 14.4 Å². The smallest absolute Gasteiger partial charge is 0.330 e. The maximum absolute atomic E-state index is 13.1. The second-order valence-electron chi connectivity index (χ2n) is 7.52. The Bertz CT molecular complexity index is 1230. The van der Waals surface area contributed by atoms with Crippen molar-refractivity contribution >= 4 is 23.2 Å². The zero-order chi connectivity index (χ0) is 22.8. The molecular formula is C23H24N4O5. The summed E-state index contributed by atoms with van der Waals surface area (Å²) >= 11 is 0. The average molecular weight is 436 g/mol. The van der Waals surface area contributed by atoms with Crippen LogP contribution in [0.2, 0.25) is 0 Å². The number of H-pyrrole nitrogens is 1. The van der Waals surface area contributed by atoms with E-state index in [4.69, 9.17) is 9.47 Å². The molecule has 1 aliphatic heterocycles. The molecule has 1 atom stereocenters. The van der Waals surface area contributed by atoms with E-state index in [1.165, 1.54) is 16.6 Å². The summed E-state index contributed by atoms with van der Waals surface area (Å²) in [5.74, 6) is 0.0743. The van der Waals surface area contributed by atoms with Crippen LogP contribution in [0.5, 0.6) is 11.5 Å². The van der Waals surface area contributed by atoms with Crippen molar-refractivity contribution in [3.8, 4) is 17.2 Å². The third-order valence-corrected chi connectivity index (χ3v) is 5.54. The summed E-state index contributed by atoms with van der Waals surface area (Å²) in [7, 11) is 3.07. The number of hydrogen-bond donors (Lipinski definition) is 2. The first-order chi connectivity index (χ1) is 15.4. The molecule has 32 heavy (non-hydrogen) atoms. The zero-order valence-corrected chi connectivity index (χ0v) is 18.0. The molecule has 4 rings (SSSR count). The second kappa shape index (κ2) is 8.62. The third kappa shape index (κ3) is 3.84. The average Bonchev–Trinajstić information content (AvgIpc) is 3.35. The fourth-order valence-electron chi connectivity index (χ4n) is 3.89. The van der Waals surface area contributed by atoms with Crippen molar-refractivity contribution in [3.63, 3.8) is 0 Å². The Morgan fingerprint density at radius 1 is 1.09 bits per heavy atom. The Hall–Kier alpha value is -4.01. The van der Waals surface area contributed by atoms with Crippen LogP contribution in [0.4, 0.5) is 11.4 Å². The number of para-hydroxylation sites is 2. The van der Waals surface area contributed by atoms with Gasteiger partial charge in [-0.15, -0.1) is 0 Å². The minimum absolute atomic E-state index is 0.0670. The molecule has 9 heteroatoms. The van der Waals surface area contributed by atoms with Gasteiger partial charge >= 0.3 is 5.69 Å². The van der Waals surface area contributed by atoms with Crippen LogP contribution in [-0.2, 0) is 9.59 Å². The topological polar surface area (TPSA) is 106 Å². The summed E-state index contributed by atoms with van der Waals surface area (Å²) in [6, 6.07) is 12.2. The molecule has 2 heterocycles. The van der Waals surface area contributed by atoms with Crippen molar-refractivity contribution in [1.82, 2.24) is 9.55 Å². The molecule has 0 spiro atoms. The van der Waals surface area contributed by atoms with Gasteiger partial charge in [0.05, 0.1) is 37.2 Å². The van der Waals surface area contributed by atoms with Crippen LogP contribution in [0.15, 0.2) is 53.5 Å². The predicted octanol–water partition coefficient (Wildman–Crippen LogP) is 2.48. The largest absolute Gasteiger partial charge is 0.497 e. The predicted molar refractivity (Wildman–Crippen MR) is 120 cm³/mol. The number of carbonyl (C=O) groups is 2. The Kier molecular flexibility index (Phi) is 5.72. The van der Waals surface area contributed by atoms with E-state index in [2.05, 4.69) is 10.3 Å². The van der Waals surface area contributed by atoms with Gasteiger partial charge in [0.2, 0.25) is 11.8 Å². The molecule has 1 aromatic heterocycles. The fourth-order valence-corrected chi connectivity index (χ4v) is 3.89. The van der Waals surface area contributed by atoms with Gasteiger partial charge in [-0.3, -0.25) is 14.2 Å². The van der Waals surface area contributed by atoms with E-state index in [1.807, 2.05) is 0 Å². The van der Waals surface area contributed by atoms with Gasteiger partial charge in [-0.1, -0.05) is 12.1 Å². The SMILES string of the molecule is COc1ccc(OC)c(N2CC(C(=O)Nc3ccccc3-n3c(C)c[nH]c3=O)CC2=O)c1. The monoisotopic (exact) mass is 436 g/mol. The van der Waals surface area contributed by atoms with Gasteiger partial charge in [-0.05, 0) is 31.2 Å². The molecule has 2 N–H and O–H groups in total. The molecule has 0 radical (unpaired) electrons. The van der Waals surface area contributed by atoms with E-state index >= 15 is 0 Å². The molecule has 9 nitrogen and oxygen atoms in total. The summed E-state index contributed by atoms with van der Waals surface area (Å²) in [5.41, 5.74) is 2.02. The van der Waals surface area contributed by atoms with E-state index in [1.54, 1.807) is 62.7 Å². The second-order valence-corrected chi connectivity index (χ2v) is 7.52. The number of aromatic amines is 1. The molecule has 2 aromatic carbocycles. The molecular weight excluding hydrogens is 412 g/mol. The number of aryl methyl sites for hydroxylation is 1. The first-order valence-corrected chi connectivity index (χ1v) is 10.1. The van der Waals surface area contributed by atoms with Crippen LogP contribution in [0, 0.1) is 12.8 Å². The van der Waals surface area contributed by atoms with Crippen LogP contribution >= 0.6 is 0 Å². The van der Waals surface area contributed by atoms with Crippen molar-refractivity contribution in [2.75, 3.05) is 31.0 Å². The highest BCUT2D eigenvalue weighted by molar-refractivity contribution is 6.04. The van der Waals surface area contributed by atoms with Crippen LogP contribution in [0.25, 0.3) is 5.69 Å². The van der Waals surface area contributed by atoms with Gasteiger partial charge < -0.3 is 24.7 Å². The number of carbonyl (C=O) groups excluding carboxylic acids is 2. The summed E-state index contributed by atoms with van der Waals surface area (Å²) in [5, 5.41) is 2.89. The molecule has 1 aliphatic rings. The first kappa shape index (κ1) is 21.2. The highest BCUT2D eigenvalue weighted by Gasteiger charge is 2.36. The Morgan fingerprint density at radius 3 is 2.56 bits per heavy atom. The number of anilines is 2. The van der Waals surface area contributed by atoms with E-state index in [-0.39, 0.29) is 30.5 Å². The van der Waals surface area contributed by atoms with Crippen molar-refractivity contribution in [2.45, 2.75) is 13.3 Å². The number of hydrogen-bond acceptors (Lipinski definition) is 5. The lowest BCUT2D eigenvalue weighted by Crippen LogP contribution is -2.29. The number of methoxy groups -OCH3 is 2. The number of nitrogens with zero attached hydrogens (tertiary/aromatic N) is 2. The normalized spacial score (nSPS) is 15.7. The summed E-state index contributed by atoms with van der Waals surface area (Å²) in [6.45, 7) is 2.00. The van der Waals surface area contributed by atoms with Crippen LogP contribution in [-0.4, -0.2) is 42.1 Å². The quantitative estimate of drug-likeness (QED) is 0.618. The van der Waals surface area contributed by atoms with Gasteiger partial charge in [-0.25, -0.2) is 4.79 Å². The summed E-state index contributed by atoms with van der Waals surface area (Å²) in [4.78, 5) is 42.2. The number of benzene rings is 2. The number of imidazole rings is 1. The minimum atomic E-state index is -0.560. The summed E-state index contributed by atoms with van der Waals surface area (Å²) < 4.78 is 12.1. The van der Waals surface area contributed by atoms with Gasteiger partial charge in [0.15, 0.2) is 0 Å². The number of rotatable bonds is 6. The molecule has 0 aliphatic carbocycles. The zero-order valence-electron chi connectivity index (χ0n) is 18.0. The van der Waals surface area contributed by atoms with Crippen LogP contribution in [0.3, 0.4) is 0 Å². The van der Waals surface area contributed by atoms with E-state index in [0.29, 0.717) is 34.3 Å². The Morgan fingerprint density at radius 2 is 1.88 bits per heavy atom. The number of aromatic nitrogens is 2. The standard InChI is InChI=1S/C23H24N4O5/c1-14-12-24-23(30)27(14)18-7-5-4-6-17(18)25-22(29)15-10-21(28)26(13-15)19-11-16(31-2)8-9-20(19)32-3/h4-9,11-12,15H,10,13H2,1-3H3,(H,24,30)(H,25,29). The lowest BCUT2D eigenvalue weighted by molar-refractivity contribution is -0.122. The van der Waals surface area contributed by atoms with E-state index < -0.39 is 5.92 Å². The van der Waals surface area contributed by atoms with Crippen molar-refractivity contribution in [3.05, 3.63) is 64.8 Å². The molecule has 1 fully saturated rings. The Balaban J connectivity index is 1.57. The van der Waals surface area contributed by atoms with Gasteiger partial charge in [0.1, 0.15) is 11.5 Å². The van der Waals surface area contributed by atoms with Gasteiger partial charge in [0, 0.05) is 30.9 Å². The maximum atomic E-state index is 13.1. The van der Waals surface area contributed by atoms with Crippen molar-refractivity contribution < 1.29 is 19.1 Å². The van der Waals surface area contributed by atoms with E-state index in [0.717, 1.165) is 0 Å². The third-order valence-electron chi connectivity index (χ3n) is 5.54. The van der Waals surface area contributed by atoms with Gasteiger partial charge in [0.25, 0.3) is 0 Å². The fraction of sp³-hybridized carbons (Fsp3) is 0.261. The van der Waals surface area contributed by atoms with Gasteiger partial charge in [-0.2, -0.15) is 0 Å². The first-order valence-electron chi connectivity index (χ1n) is 10.1. The van der Waals surface area contributed by atoms with Crippen molar-refractivity contribution in [2.24, 2.45) is 5.92 Å². The molecule has 2 amide bonds. The van der Waals surface area contributed by atoms with Crippen LogP contribution < -0.4 is 25.4 Å². The molecule has 1 unspecified atom stereocenters. The number of nitrogens with one attached hydrogen (secondary N) is 2. The number of amides is 2. The number of ether oxygens (including phenoxy) is 2. The highest BCUT2D eigenvalue weighted by atomic mass is 16.5. The lowest BCUT2D eigenvalue weighted by atomic mass is 10.1. The molecule has 0 bridgehead atoms. The molecule has 166 valence electrons. The molecule has 3 aromatic rings.